The Hall–Kier alpha value is -8.97. The molecule has 4 unspecified atom stereocenters. The van der Waals surface area contributed by atoms with Crippen molar-refractivity contribution in [3.8, 4) is 28.7 Å². The zero-order valence-electron chi connectivity index (χ0n) is 62.9. The Bertz CT molecular complexity index is 4450. The van der Waals surface area contributed by atoms with Crippen LogP contribution in [-0.4, -0.2) is 162 Å². The van der Waals surface area contributed by atoms with E-state index < -0.39 is 164 Å². The molecule has 654 valence electrons. The minimum Gasteiger partial charge on any atom is -0.490 e. The molecule has 2 N–H and O–H groups in total. The number of rotatable bonds is 33. The van der Waals surface area contributed by atoms with Gasteiger partial charge in [0.1, 0.15) is 82.2 Å². The molecule has 0 aromatic heterocycles. The number of hydrogen-bond acceptors (Lipinski definition) is 13. The monoisotopic (exact) mass is 1790 g/mol. The van der Waals surface area contributed by atoms with Gasteiger partial charge in [0, 0.05) is 21.3 Å². The van der Waals surface area contributed by atoms with Crippen molar-refractivity contribution in [1.29, 1.82) is 0 Å². The molecule has 0 aliphatic heterocycles. The number of aliphatic hydroxyl groups is 2. The maximum absolute atomic E-state index is 13.6. The second kappa shape index (κ2) is 40.8. The number of halogens is 24. The van der Waals surface area contributed by atoms with Gasteiger partial charge in [-0.25, -0.2) is 0 Å². The van der Waals surface area contributed by atoms with E-state index >= 15 is 0 Å². The summed E-state index contributed by atoms with van der Waals surface area (Å²) in [4.78, 5) is 6.91. The zero-order valence-corrected chi connectivity index (χ0v) is 65.4. The van der Waals surface area contributed by atoms with E-state index in [0.29, 0.717) is 26.5 Å². The Morgan fingerprint density at radius 1 is 0.233 bits per heavy atom. The van der Waals surface area contributed by atoms with E-state index in [1.54, 1.807) is 84.9 Å². The summed E-state index contributed by atoms with van der Waals surface area (Å²) in [6.45, 7) is -9.42. The summed E-state index contributed by atoms with van der Waals surface area (Å²) in [6.07, 6.45) is -45.0. The third-order valence-electron chi connectivity index (χ3n) is 16.9. The van der Waals surface area contributed by atoms with Crippen LogP contribution < -0.4 is 23.7 Å². The van der Waals surface area contributed by atoms with Crippen molar-refractivity contribution in [3.05, 3.63) is 243 Å². The molecule has 0 fully saturated rings. The van der Waals surface area contributed by atoms with Crippen LogP contribution >= 0.6 is 0 Å². The second-order valence-corrected chi connectivity index (χ2v) is 31.7. The SMILES string of the molecule is CC(O)(COc1ccc([S+](c2ccccc2)c2ccc(OCC(O)(C(F)(F)F)C(F)(F)F)cc2)cc1)C(F)(F)F.COCOC(C)(COc1ccc([S+](c2ccccc2)c2ccc(OCC(OCOC)(C(F)(F)F)C(F)(F)F)cc2)cc1)C(F)(F)F.COCOC(COc1ccc([S+](c2ccccc2)c2ccccc2)cc1)(C(F)(F)F)C(F)(F)F. The Labute approximate surface area is 678 Å². The number of methoxy groups -OCH3 is 3. The summed E-state index contributed by atoms with van der Waals surface area (Å²) in [5, 5.41) is 18.8. The Morgan fingerprint density at radius 2 is 0.442 bits per heavy atom. The molecule has 0 heterocycles. The summed E-state index contributed by atoms with van der Waals surface area (Å²) >= 11 is 0. The minimum atomic E-state index is -6.02. The molecule has 9 aromatic carbocycles. The highest BCUT2D eigenvalue weighted by molar-refractivity contribution is 7.97. The fourth-order valence-corrected chi connectivity index (χ4v) is 16.2. The molecule has 0 saturated heterocycles. The summed E-state index contributed by atoms with van der Waals surface area (Å²) in [5.74, 6) is -0.629. The topological polar surface area (TPSA) is 142 Å². The van der Waals surface area contributed by atoms with Crippen LogP contribution in [0.25, 0.3) is 0 Å². The normalized spacial score (nSPS) is 14.4. The average Bonchev–Trinajstić information content (AvgIpc) is 0.754. The first-order valence-corrected chi connectivity index (χ1v) is 38.0. The highest BCUT2D eigenvalue weighted by Crippen LogP contribution is 2.50. The van der Waals surface area contributed by atoms with Crippen molar-refractivity contribution < 1.29 is 168 Å². The predicted octanol–water partition coefficient (Wildman–Crippen LogP) is 21.3. The first-order valence-electron chi connectivity index (χ1n) is 34.4. The van der Waals surface area contributed by atoms with E-state index in [1.165, 1.54) is 79.9 Å². The van der Waals surface area contributed by atoms with Gasteiger partial charge in [-0.1, -0.05) is 72.8 Å². The van der Waals surface area contributed by atoms with E-state index in [9.17, 15) is 116 Å². The smallest absolute Gasteiger partial charge is 0.430 e. The quantitative estimate of drug-likeness (QED) is 0.0229. The first kappa shape index (κ1) is 98.1. The summed E-state index contributed by atoms with van der Waals surface area (Å²) in [6, 6.07) is 65.6. The van der Waals surface area contributed by atoms with Gasteiger partial charge in [-0.05, 0) is 184 Å². The third-order valence-corrected chi connectivity index (χ3v) is 23.6. The van der Waals surface area contributed by atoms with E-state index in [-0.39, 0.29) is 28.7 Å². The molecule has 0 bridgehead atoms. The van der Waals surface area contributed by atoms with Gasteiger partial charge in [0.15, 0.2) is 55.3 Å². The lowest BCUT2D eigenvalue weighted by molar-refractivity contribution is -0.397. The van der Waals surface area contributed by atoms with Crippen molar-refractivity contribution in [1.82, 2.24) is 0 Å². The molecule has 0 radical (unpaired) electrons. The molecule has 0 spiro atoms. The van der Waals surface area contributed by atoms with E-state index in [4.69, 9.17) is 23.7 Å². The summed E-state index contributed by atoms with van der Waals surface area (Å²) in [5.41, 5.74) is -20.0. The van der Waals surface area contributed by atoms with Crippen LogP contribution in [0.5, 0.6) is 28.7 Å². The number of hydrogen-bond donors (Lipinski definition) is 2. The van der Waals surface area contributed by atoms with Crippen LogP contribution in [0.2, 0.25) is 0 Å². The Balaban J connectivity index is 0.000000251. The van der Waals surface area contributed by atoms with Crippen molar-refractivity contribution in [3.63, 3.8) is 0 Å². The molecule has 0 aliphatic carbocycles. The summed E-state index contributed by atoms with van der Waals surface area (Å²) in [7, 11) is 0.735. The Morgan fingerprint density at radius 3 is 0.650 bits per heavy atom. The highest BCUT2D eigenvalue weighted by atomic mass is 32.2. The third kappa shape index (κ3) is 24.9. The van der Waals surface area contributed by atoms with Crippen LogP contribution in [0.4, 0.5) is 105 Å². The second-order valence-electron chi connectivity index (χ2n) is 25.6. The molecular weight excluding hydrogens is 1720 g/mol. The van der Waals surface area contributed by atoms with Crippen LogP contribution in [0, 0.1) is 0 Å². The van der Waals surface area contributed by atoms with Gasteiger partial charge in [-0.15, -0.1) is 0 Å². The molecule has 0 aliphatic rings. The van der Waals surface area contributed by atoms with Gasteiger partial charge in [-0.2, -0.15) is 105 Å². The fraction of sp³-hybridized carbons (Fsp3) is 0.325. The molecule has 0 saturated carbocycles. The van der Waals surface area contributed by atoms with Crippen LogP contribution in [-0.2, 0) is 61.1 Å². The van der Waals surface area contributed by atoms with Gasteiger partial charge in [-0.3, -0.25) is 0 Å². The van der Waals surface area contributed by atoms with E-state index in [0.717, 1.165) is 57.8 Å². The highest BCUT2D eigenvalue weighted by Gasteiger charge is 2.75. The zero-order chi connectivity index (χ0) is 89.0. The van der Waals surface area contributed by atoms with Crippen LogP contribution in [0.15, 0.2) is 287 Å². The van der Waals surface area contributed by atoms with Crippen molar-refractivity contribution in [2.75, 3.05) is 74.7 Å². The molecule has 13 nitrogen and oxygen atoms in total. The van der Waals surface area contributed by atoms with Crippen molar-refractivity contribution in [2.45, 2.75) is 135 Å². The van der Waals surface area contributed by atoms with Gasteiger partial charge in [0.05, 0.1) is 32.7 Å². The number of alkyl halides is 24. The van der Waals surface area contributed by atoms with Crippen molar-refractivity contribution >= 4 is 32.7 Å². The minimum absolute atomic E-state index is 0.0513. The first-order chi connectivity index (χ1) is 55.9. The molecule has 120 heavy (non-hydrogen) atoms. The Kier molecular flexibility index (Phi) is 33.4. The fourth-order valence-electron chi connectivity index (χ4n) is 9.99. The van der Waals surface area contributed by atoms with Gasteiger partial charge in [0.2, 0.25) is 0 Å². The average molecular weight is 1790 g/mol. The van der Waals surface area contributed by atoms with Gasteiger partial charge in [0.25, 0.3) is 16.8 Å². The number of benzene rings is 9. The van der Waals surface area contributed by atoms with Crippen LogP contribution in [0.1, 0.15) is 13.8 Å². The van der Waals surface area contributed by atoms with E-state index in [2.05, 4.69) is 28.4 Å². The standard InChI is InChI=1S/C30H30F9O6S.C26H22F9O4S.C24H21F6O3S/c1-26(28(31,32)33,44-19-40-2)17-42-21-9-13-24(14-10-21)46(23-7-5-4-6-8-23)25-15-11-22(12-16-25)43-18-27(29(34,35)36,30(37,38)39)45-20-41-3;1-22(36,24(27,28)29)15-38-17-7-11-20(12-8-17)40(19-5-3-2-4-6-19)21-13-9-18(10-14-21)39-16-23(37,25(30,31)32)26(33,34)35;1-31-17-33-22(23(25,26)27,24(28,29)30)16-32-18-12-14-21(15-13-18)34(19-8-4-2-5-9-19)20-10-6-3-7-11-20/h4-16H,17-20H2,1-3H3;2-14,36-37H,15-16H2,1H3;2-15H,16-17H2,1H3/q3*+1. The number of ether oxygens (including phenoxy) is 11. The van der Waals surface area contributed by atoms with Gasteiger partial charge >= 0.3 is 49.4 Å². The summed E-state index contributed by atoms with van der Waals surface area (Å²) < 4.78 is 371. The molecule has 40 heteroatoms. The maximum Gasteiger partial charge on any atom is 0.430 e. The van der Waals surface area contributed by atoms with Crippen molar-refractivity contribution in [2.24, 2.45) is 0 Å². The molecule has 0 amide bonds. The van der Waals surface area contributed by atoms with Gasteiger partial charge < -0.3 is 62.3 Å². The maximum atomic E-state index is 13.6. The van der Waals surface area contributed by atoms with E-state index in [1.807, 2.05) is 72.8 Å². The molecule has 9 rings (SSSR count). The van der Waals surface area contributed by atoms with Crippen LogP contribution in [0.3, 0.4) is 0 Å². The molecular formula is C80H73F24O13S3+3. The molecule has 9 aromatic rings. The largest absolute Gasteiger partial charge is 0.490 e. The lowest BCUT2D eigenvalue weighted by atomic mass is 10.0. The lowest BCUT2D eigenvalue weighted by Gasteiger charge is -2.36. The predicted molar refractivity (Wildman–Crippen MR) is 389 cm³/mol. The lowest BCUT2D eigenvalue weighted by Crippen LogP contribution is -2.62. The molecule has 4 atom stereocenters.